The molecule has 262 valence electrons. The van der Waals surface area contributed by atoms with Gasteiger partial charge in [0.1, 0.15) is 5.82 Å². The summed E-state index contributed by atoms with van der Waals surface area (Å²) in [6, 6.07) is 60.1. The average Bonchev–Trinajstić information content (AvgIpc) is 3.90. The minimum atomic E-state index is 0.620. The molecule has 4 heterocycles. The Morgan fingerprint density at radius 3 is 1.66 bits per heavy atom. The van der Waals surface area contributed by atoms with Crippen LogP contribution in [-0.2, 0) is 0 Å². The zero-order chi connectivity index (χ0) is 37.0. The number of rotatable bonds is 6. The van der Waals surface area contributed by atoms with Crippen LogP contribution in [0.5, 0.6) is 0 Å². The van der Waals surface area contributed by atoms with E-state index in [1.54, 1.807) is 11.3 Å². The third-order valence-corrected chi connectivity index (χ3v) is 11.3. The predicted octanol–water partition coefficient (Wildman–Crippen LogP) is 11.8. The summed E-state index contributed by atoms with van der Waals surface area (Å²) in [6.45, 7) is 0. The molecule has 7 aromatic carbocycles. The van der Waals surface area contributed by atoms with Crippen molar-refractivity contribution >= 4 is 48.1 Å². The molecule has 0 fully saturated rings. The molecule has 0 aliphatic rings. The molecular weight excluding hydrogens is 707 g/mol. The first-order valence-corrected chi connectivity index (χ1v) is 19.2. The SMILES string of the molecule is c1ccc(-c2nc(-c3ccccc3)nc(-c3ccc(-c4cccc(-c5nc6ccccc6c6nnc(-c7cccc8sc9ccccc9c78)n56)c4)cc3)n2)cc1. The van der Waals surface area contributed by atoms with E-state index in [0.717, 1.165) is 67.1 Å². The first-order chi connectivity index (χ1) is 27.7. The molecule has 0 saturated carbocycles. The fourth-order valence-electron chi connectivity index (χ4n) is 7.50. The van der Waals surface area contributed by atoms with Crippen molar-refractivity contribution in [2.24, 2.45) is 0 Å². The zero-order valence-corrected chi connectivity index (χ0v) is 30.6. The van der Waals surface area contributed by atoms with Gasteiger partial charge < -0.3 is 0 Å². The molecule has 0 saturated heterocycles. The van der Waals surface area contributed by atoms with E-state index in [1.807, 2.05) is 78.9 Å². The Balaban J connectivity index is 1.03. The molecule has 11 rings (SSSR count). The van der Waals surface area contributed by atoms with Crippen LogP contribution in [0.1, 0.15) is 0 Å². The monoisotopic (exact) mass is 735 g/mol. The van der Waals surface area contributed by atoms with Crippen LogP contribution in [0.2, 0.25) is 0 Å². The minimum absolute atomic E-state index is 0.620. The van der Waals surface area contributed by atoms with E-state index in [0.29, 0.717) is 17.5 Å². The highest BCUT2D eigenvalue weighted by molar-refractivity contribution is 7.25. The van der Waals surface area contributed by atoms with Gasteiger partial charge in [-0.1, -0.05) is 146 Å². The van der Waals surface area contributed by atoms with E-state index in [2.05, 4.69) is 101 Å². The zero-order valence-electron chi connectivity index (χ0n) is 29.8. The minimum Gasteiger partial charge on any atom is -0.258 e. The molecule has 8 heteroatoms. The van der Waals surface area contributed by atoms with Gasteiger partial charge in [0, 0.05) is 53.4 Å². The van der Waals surface area contributed by atoms with Gasteiger partial charge in [-0.2, -0.15) is 0 Å². The lowest BCUT2D eigenvalue weighted by Crippen LogP contribution is -2.00. The molecule has 56 heavy (non-hydrogen) atoms. The fourth-order valence-corrected chi connectivity index (χ4v) is 8.63. The van der Waals surface area contributed by atoms with E-state index >= 15 is 0 Å². The maximum Gasteiger partial charge on any atom is 0.172 e. The third kappa shape index (κ3) is 5.42. The van der Waals surface area contributed by atoms with E-state index in [9.17, 15) is 0 Å². The Labute approximate surface area is 325 Å². The summed E-state index contributed by atoms with van der Waals surface area (Å²) in [7, 11) is 0. The Morgan fingerprint density at radius 1 is 0.375 bits per heavy atom. The molecule has 0 aliphatic carbocycles. The number of hydrogen-bond donors (Lipinski definition) is 0. The fraction of sp³-hybridized carbons (Fsp3) is 0. The summed E-state index contributed by atoms with van der Waals surface area (Å²) < 4.78 is 4.59. The van der Waals surface area contributed by atoms with Crippen molar-refractivity contribution in [1.82, 2.24) is 34.5 Å². The lowest BCUT2D eigenvalue weighted by Gasteiger charge is -2.12. The van der Waals surface area contributed by atoms with Crippen LogP contribution >= 0.6 is 11.3 Å². The van der Waals surface area contributed by atoms with Gasteiger partial charge in [0.05, 0.1) is 5.52 Å². The van der Waals surface area contributed by atoms with Crippen molar-refractivity contribution in [3.05, 3.63) is 176 Å². The largest absolute Gasteiger partial charge is 0.258 e. The van der Waals surface area contributed by atoms with Gasteiger partial charge in [-0.3, -0.25) is 4.40 Å². The van der Waals surface area contributed by atoms with Crippen molar-refractivity contribution in [2.45, 2.75) is 0 Å². The molecule has 0 aliphatic heterocycles. The van der Waals surface area contributed by atoms with Gasteiger partial charge in [-0.25, -0.2) is 19.9 Å². The molecular formula is C48H29N7S. The van der Waals surface area contributed by atoms with Crippen molar-refractivity contribution in [3.63, 3.8) is 0 Å². The van der Waals surface area contributed by atoms with Gasteiger partial charge in [0.2, 0.25) is 0 Å². The molecule has 0 unspecified atom stereocenters. The molecule has 4 aromatic heterocycles. The van der Waals surface area contributed by atoms with Crippen molar-refractivity contribution in [1.29, 1.82) is 0 Å². The second kappa shape index (κ2) is 13.2. The Hall–Kier alpha value is -7.42. The number of nitrogens with zero attached hydrogens (tertiary/aromatic N) is 7. The first kappa shape index (κ1) is 32.0. The van der Waals surface area contributed by atoms with E-state index in [-0.39, 0.29) is 0 Å². The number of benzene rings is 7. The van der Waals surface area contributed by atoms with Crippen LogP contribution < -0.4 is 0 Å². The Kier molecular flexibility index (Phi) is 7.53. The number of hydrogen-bond acceptors (Lipinski definition) is 7. The van der Waals surface area contributed by atoms with Gasteiger partial charge >= 0.3 is 0 Å². The van der Waals surface area contributed by atoms with Crippen LogP contribution in [0.15, 0.2) is 176 Å². The van der Waals surface area contributed by atoms with Crippen molar-refractivity contribution in [3.8, 4) is 68.1 Å². The second-order valence-electron chi connectivity index (χ2n) is 13.6. The first-order valence-electron chi connectivity index (χ1n) is 18.4. The second-order valence-corrected chi connectivity index (χ2v) is 14.7. The predicted molar refractivity (Wildman–Crippen MR) is 227 cm³/mol. The Morgan fingerprint density at radius 2 is 0.929 bits per heavy atom. The molecule has 0 atom stereocenters. The number of para-hydroxylation sites is 1. The van der Waals surface area contributed by atoms with E-state index < -0.39 is 0 Å². The van der Waals surface area contributed by atoms with Crippen LogP contribution in [0.4, 0.5) is 0 Å². The molecule has 11 aromatic rings. The maximum atomic E-state index is 5.28. The highest BCUT2D eigenvalue weighted by Gasteiger charge is 2.21. The van der Waals surface area contributed by atoms with Gasteiger partial charge in [-0.05, 0) is 41.5 Å². The van der Waals surface area contributed by atoms with Gasteiger partial charge in [0.25, 0.3) is 0 Å². The molecule has 0 bridgehead atoms. The van der Waals surface area contributed by atoms with Crippen LogP contribution in [0.25, 0.3) is 105 Å². The highest BCUT2D eigenvalue weighted by atomic mass is 32.1. The molecule has 0 spiro atoms. The lowest BCUT2D eigenvalue weighted by molar-refractivity contribution is 1.07. The highest BCUT2D eigenvalue weighted by Crippen LogP contribution is 2.41. The van der Waals surface area contributed by atoms with E-state index in [4.69, 9.17) is 30.1 Å². The normalized spacial score (nSPS) is 11.6. The number of aromatic nitrogens is 7. The Bertz CT molecular complexity index is 3190. The van der Waals surface area contributed by atoms with E-state index in [1.165, 1.54) is 20.2 Å². The standard InChI is InChI=1S/C48H29N7S/c1-3-13-31(14-4-1)43-50-44(32-15-5-2-6-16-32)52-45(51-43)33-27-25-30(26-28-33)34-17-11-18-35(29-34)46-49-39-22-9-7-19-36(39)47-53-54-48(55(46)47)38-21-12-24-41-42(38)37-20-8-10-23-40(37)56-41/h1-29H. The summed E-state index contributed by atoms with van der Waals surface area (Å²) >= 11 is 1.80. The number of fused-ring (bicyclic) bond motifs is 6. The third-order valence-electron chi connectivity index (χ3n) is 10.2. The summed E-state index contributed by atoms with van der Waals surface area (Å²) in [5, 5.41) is 13.0. The molecule has 0 N–H and O–H groups in total. The summed E-state index contributed by atoms with van der Waals surface area (Å²) in [5.74, 6) is 3.43. The molecule has 7 nitrogen and oxygen atoms in total. The van der Waals surface area contributed by atoms with Crippen molar-refractivity contribution < 1.29 is 0 Å². The average molecular weight is 736 g/mol. The lowest BCUT2D eigenvalue weighted by atomic mass is 10.0. The van der Waals surface area contributed by atoms with Crippen LogP contribution in [-0.4, -0.2) is 34.5 Å². The van der Waals surface area contributed by atoms with Gasteiger partial charge in [-0.15, -0.1) is 21.5 Å². The summed E-state index contributed by atoms with van der Waals surface area (Å²) in [6.07, 6.45) is 0. The summed E-state index contributed by atoms with van der Waals surface area (Å²) in [5.41, 5.74) is 8.53. The maximum absolute atomic E-state index is 5.28. The molecule has 0 amide bonds. The van der Waals surface area contributed by atoms with Crippen molar-refractivity contribution in [2.75, 3.05) is 0 Å². The van der Waals surface area contributed by atoms with Crippen LogP contribution in [0.3, 0.4) is 0 Å². The quantitative estimate of drug-likeness (QED) is 0.169. The van der Waals surface area contributed by atoms with Crippen LogP contribution in [0, 0.1) is 0 Å². The number of thiophene rings is 1. The topological polar surface area (TPSA) is 81.8 Å². The summed E-state index contributed by atoms with van der Waals surface area (Å²) in [4.78, 5) is 20.0. The van der Waals surface area contributed by atoms with Gasteiger partial charge in [0.15, 0.2) is 28.9 Å². The smallest absolute Gasteiger partial charge is 0.172 e. The molecule has 0 radical (unpaired) electrons.